The van der Waals surface area contributed by atoms with Crippen molar-refractivity contribution in [3.8, 4) is 0 Å². The monoisotopic (exact) mass is 380 g/mol. The number of rotatable bonds is 8. The molecule has 0 aliphatic rings. The summed E-state index contributed by atoms with van der Waals surface area (Å²) in [5.74, 6) is 0.382. The van der Waals surface area contributed by atoms with E-state index in [2.05, 4.69) is 15.6 Å². The Balaban J connectivity index is 1.77. The van der Waals surface area contributed by atoms with E-state index in [1.165, 1.54) is 0 Å². The Morgan fingerprint density at radius 3 is 2.64 bits per heavy atom. The van der Waals surface area contributed by atoms with Gasteiger partial charge in [-0.1, -0.05) is 31.2 Å². The van der Waals surface area contributed by atoms with E-state index < -0.39 is 0 Å². The van der Waals surface area contributed by atoms with Gasteiger partial charge in [-0.3, -0.25) is 9.59 Å². The number of aromatic nitrogens is 2. The van der Waals surface area contributed by atoms with Crippen LogP contribution in [-0.2, 0) is 22.5 Å². The van der Waals surface area contributed by atoms with Gasteiger partial charge in [0.25, 0.3) is 5.91 Å². The van der Waals surface area contributed by atoms with Crippen molar-refractivity contribution >= 4 is 28.5 Å². The Hall–Kier alpha value is -3.19. The highest BCUT2D eigenvalue weighted by Crippen LogP contribution is 2.18. The highest BCUT2D eigenvalue weighted by molar-refractivity contribution is 6.03. The molecule has 2 aromatic carbocycles. The van der Waals surface area contributed by atoms with Crippen LogP contribution in [0.3, 0.4) is 0 Å². The lowest BCUT2D eigenvalue weighted by Gasteiger charge is -2.13. The summed E-state index contributed by atoms with van der Waals surface area (Å²) in [5, 5.41) is 5.63. The molecule has 3 aromatic rings. The van der Waals surface area contributed by atoms with Gasteiger partial charge < -0.3 is 19.9 Å². The highest BCUT2D eigenvalue weighted by Gasteiger charge is 2.15. The minimum atomic E-state index is -0.254. The first kappa shape index (κ1) is 19.6. The fourth-order valence-electron chi connectivity index (χ4n) is 3.06. The molecular formula is C21H24N4O3. The molecule has 0 saturated heterocycles. The number of nitrogens with zero attached hydrogens (tertiary/aromatic N) is 2. The number of carbonyl (C=O) groups is 2. The second-order valence-electron chi connectivity index (χ2n) is 6.30. The largest absolute Gasteiger partial charge is 0.383 e. The third-order valence-electron chi connectivity index (χ3n) is 4.39. The Morgan fingerprint density at radius 1 is 1.11 bits per heavy atom. The number of benzene rings is 2. The zero-order valence-corrected chi connectivity index (χ0v) is 16.1. The molecule has 146 valence electrons. The molecule has 0 spiro atoms. The topological polar surface area (TPSA) is 85.2 Å². The zero-order valence-electron chi connectivity index (χ0n) is 16.1. The van der Waals surface area contributed by atoms with Crippen LogP contribution < -0.4 is 10.6 Å². The van der Waals surface area contributed by atoms with E-state index in [4.69, 9.17) is 4.74 Å². The summed E-state index contributed by atoms with van der Waals surface area (Å²) in [7, 11) is 1.57. The fraction of sp³-hybridized carbons (Fsp3) is 0.286. The number of fused-ring (bicyclic) bond motifs is 1. The molecule has 7 nitrogen and oxygen atoms in total. The normalized spacial score (nSPS) is 10.8. The van der Waals surface area contributed by atoms with Crippen molar-refractivity contribution in [1.29, 1.82) is 0 Å². The fourth-order valence-corrected chi connectivity index (χ4v) is 3.06. The second kappa shape index (κ2) is 9.14. The van der Waals surface area contributed by atoms with Gasteiger partial charge in [-0.25, -0.2) is 4.98 Å². The van der Waals surface area contributed by atoms with Gasteiger partial charge in [0.05, 0.1) is 28.9 Å². The first-order valence-electron chi connectivity index (χ1n) is 9.24. The van der Waals surface area contributed by atoms with Crippen LogP contribution in [0, 0.1) is 0 Å². The highest BCUT2D eigenvalue weighted by atomic mass is 16.5. The third-order valence-corrected chi connectivity index (χ3v) is 4.39. The molecule has 0 fully saturated rings. The Morgan fingerprint density at radius 2 is 1.86 bits per heavy atom. The SMILES string of the molecule is CCc1nc2ccccc2n1CC(=O)Nc1ccccc1C(=O)NCCOC. The van der Waals surface area contributed by atoms with E-state index in [-0.39, 0.29) is 18.4 Å². The number of ether oxygens (including phenoxy) is 1. The number of aryl methyl sites for hydroxylation is 1. The maximum Gasteiger partial charge on any atom is 0.253 e. The number of carbonyl (C=O) groups excluding carboxylic acids is 2. The van der Waals surface area contributed by atoms with Crippen molar-refractivity contribution in [3.05, 3.63) is 59.9 Å². The molecule has 7 heteroatoms. The van der Waals surface area contributed by atoms with Crippen LogP contribution in [0.5, 0.6) is 0 Å². The van der Waals surface area contributed by atoms with Crippen LogP contribution in [0.1, 0.15) is 23.1 Å². The number of para-hydroxylation sites is 3. The number of hydrogen-bond acceptors (Lipinski definition) is 4. The van der Waals surface area contributed by atoms with E-state index in [9.17, 15) is 9.59 Å². The van der Waals surface area contributed by atoms with Gasteiger partial charge in [0.15, 0.2) is 0 Å². The summed E-state index contributed by atoms with van der Waals surface area (Å²) >= 11 is 0. The minimum absolute atomic E-state index is 0.128. The molecule has 2 N–H and O–H groups in total. The summed E-state index contributed by atoms with van der Waals surface area (Å²) in [4.78, 5) is 29.7. The van der Waals surface area contributed by atoms with Gasteiger partial charge in [-0.05, 0) is 24.3 Å². The minimum Gasteiger partial charge on any atom is -0.383 e. The number of imidazole rings is 1. The summed E-state index contributed by atoms with van der Waals surface area (Å²) in [6, 6.07) is 14.7. The Kier molecular flexibility index (Phi) is 6.39. The standard InChI is InChI=1S/C21H24N4O3/c1-3-19-23-17-10-6-7-11-18(17)25(19)14-20(26)24-16-9-5-4-8-15(16)21(27)22-12-13-28-2/h4-11H,3,12-14H2,1-2H3,(H,22,27)(H,24,26). The lowest BCUT2D eigenvalue weighted by molar-refractivity contribution is -0.116. The van der Waals surface area contributed by atoms with Crippen LogP contribution >= 0.6 is 0 Å². The number of hydrogen-bond donors (Lipinski definition) is 2. The van der Waals surface area contributed by atoms with Crippen LogP contribution in [0.25, 0.3) is 11.0 Å². The number of nitrogens with one attached hydrogen (secondary N) is 2. The lowest BCUT2D eigenvalue weighted by atomic mass is 10.1. The molecule has 0 radical (unpaired) electrons. The molecule has 0 unspecified atom stereocenters. The lowest BCUT2D eigenvalue weighted by Crippen LogP contribution is -2.28. The quantitative estimate of drug-likeness (QED) is 0.588. The maximum absolute atomic E-state index is 12.7. The molecule has 3 rings (SSSR count). The van der Waals surface area contributed by atoms with Crippen LogP contribution in [-0.4, -0.2) is 41.6 Å². The molecule has 0 aliphatic carbocycles. The van der Waals surface area contributed by atoms with Crippen LogP contribution in [0.15, 0.2) is 48.5 Å². The van der Waals surface area contributed by atoms with Crippen LogP contribution in [0.2, 0.25) is 0 Å². The molecule has 28 heavy (non-hydrogen) atoms. The molecular weight excluding hydrogens is 356 g/mol. The predicted molar refractivity (Wildman–Crippen MR) is 108 cm³/mol. The van der Waals surface area contributed by atoms with Crippen molar-refractivity contribution in [2.45, 2.75) is 19.9 Å². The Bertz CT molecular complexity index is 981. The molecule has 1 heterocycles. The van der Waals surface area contributed by atoms with Crippen molar-refractivity contribution in [3.63, 3.8) is 0 Å². The summed E-state index contributed by atoms with van der Waals surface area (Å²) in [6.45, 7) is 2.96. The van der Waals surface area contributed by atoms with Gasteiger partial charge in [0.1, 0.15) is 12.4 Å². The molecule has 0 bridgehead atoms. The van der Waals surface area contributed by atoms with Gasteiger partial charge >= 0.3 is 0 Å². The van der Waals surface area contributed by atoms with E-state index in [0.717, 1.165) is 23.3 Å². The zero-order chi connectivity index (χ0) is 19.9. The average Bonchev–Trinajstić information content (AvgIpc) is 3.06. The smallest absolute Gasteiger partial charge is 0.253 e. The van der Waals surface area contributed by atoms with Gasteiger partial charge in [-0.2, -0.15) is 0 Å². The predicted octanol–water partition coefficient (Wildman–Crippen LogP) is 2.61. The van der Waals surface area contributed by atoms with E-state index in [0.29, 0.717) is 24.4 Å². The van der Waals surface area contributed by atoms with Gasteiger partial charge in [-0.15, -0.1) is 0 Å². The van der Waals surface area contributed by atoms with Crippen molar-refractivity contribution in [2.24, 2.45) is 0 Å². The molecule has 0 saturated carbocycles. The van der Waals surface area contributed by atoms with Gasteiger partial charge in [0.2, 0.25) is 5.91 Å². The molecule has 0 atom stereocenters. The summed E-state index contributed by atoms with van der Waals surface area (Å²) in [6.07, 6.45) is 0.723. The first-order valence-corrected chi connectivity index (χ1v) is 9.24. The third kappa shape index (κ3) is 4.37. The summed E-state index contributed by atoms with van der Waals surface area (Å²) in [5.41, 5.74) is 2.67. The molecule has 1 aromatic heterocycles. The maximum atomic E-state index is 12.7. The Labute approximate surface area is 163 Å². The van der Waals surface area contributed by atoms with Crippen molar-refractivity contribution in [1.82, 2.24) is 14.9 Å². The van der Waals surface area contributed by atoms with E-state index in [1.807, 2.05) is 35.8 Å². The van der Waals surface area contributed by atoms with E-state index >= 15 is 0 Å². The van der Waals surface area contributed by atoms with Crippen molar-refractivity contribution < 1.29 is 14.3 Å². The van der Waals surface area contributed by atoms with E-state index in [1.54, 1.807) is 31.4 Å². The second-order valence-corrected chi connectivity index (χ2v) is 6.30. The van der Waals surface area contributed by atoms with Gasteiger partial charge in [0, 0.05) is 20.1 Å². The summed E-state index contributed by atoms with van der Waals surface area (Å²) < 4.78 is 6.85. The molecule has 2 amide bonds. The average molecular weight is 380 g/mol. The van der Waals surface area contributed by atoms with Crippen LogP contribution in [0.4, 0.5) is 5.69 Å². The number of amides is 2. The van der Waals surface area contributed by atoms with Crippen molar-refractivity contribution in [2.75, 3.05) is 25.6 Å². The first-order chi connectivity index (χ1) is 13.6. The number of anilines is 1. The molecule has 0 aliphatic heterocycles. The number of methoxy groups -OCH3 is 1.